The van der Waals surface area contributed by atoms with E-state index in [1.54, 1.807) is 0 Å². The molecule has 2 heterocycles. The third-order valence-electron chi connectivity index (χ3n) is 32.9. The third-order valence-corrected chi connectivity index (χ3v) is 32.9. The fourth-order valence-corrected chi connectivity index (χ4v) is 26.5. The Hall–Kier alpha value is -19.6. The van der Waals surface area contributed by atoms with Crippen molar-refractivity contribution in [1.29, 1.82) is 0 Å². The number of hydrogen-bond donors (Lipinski definition) is 0. The zero-order valence-electron chi connectivity index (χ0n) is 81.7. The summed E-state index contributed by atoms with van der Waals surface area (Å²) in [5, 5.41) is 22.9. The molecule has 0 saturated heterocycles. The first-order valence-electron chi connectivity index (χ1n) is 52.2. The van der Waals surface area contributed by atoms with Crippen LogP contribution in [0.1, 0.15) is 100 Å². The van der Waals surface area contributed by atoms with E-state index in [1.807, 2.05) is 0 Å². The van der Waals surface area contributed by atoms with E-state index in [-0.39, 0.29) is 0 Å². The minimum atomic E-state index is 1.16. The molecular formula is C148H88N2. The van der Waals surface area contributed by atoms with Crippen LogP contribution in [0, 0.1) is 0 Å². The summed E-state index contributed by atoms with van der Waals surface area (Å²) in [7, 11) is 0. The fraction of sp³-hybridized carbons (Fsp3) is 0. The van der Waals surface area contributed by atoms with Crippen LogP contribution in [0.15, 0.2) is 534 Å². The lowest BCUT2D eigenvalue weighted by Crippen LogP contribution is -1.95. The molecule has 2 nitrogen and oxygen atoms in total. The monoisotopic (exact) mass is 1890 g/mol. The van der Waals surface area contributed by atoms with Crippen LogP contribution < -0.4 is 0 Å². The molecule has 34 rings (SSSR count). The Labute approximate surface area is 867 Å². The van der Waals surface area contributed by atoms with E-state index in [9.17, 15) is 0 Å². The van der Waals surface area contributed by atoms with Gasteiger partial charge in [-0.05, 0) is 421 Å². The van der Waals surface area contributed by atoms with Crippen molar-refractivity contribution < 1.29 is 0 Å². The van der Waals surface area contributed by atoms with Gasteiger partial charge in [0.1, 0.15) is 0 Å². The van der Waals surface area contributed by atoms with Gasteiger partial charge in [-0.3, -0.25) is 0 Å². The molecule has 150 heavy (non-hydrogen) atoms. The van der Waals surface area contributed by atoms with Gasteiger partial charge < -0.3 is 9.13 Å². The van der Waals surface area contributed by atoms with E-state index in [4.69, 9.17) is 0 Å². The summed E-state index contributed by atoms with van der Waals surface area (Å²) < 4.78 is 4.82. The molecule has 0 fully saturated rings. The van der Waals surface area contributed by atoms with Crippen molar-refractivity contribution in [1.82, 2.24) is 9.13 Å². The first-order chi connectivity index (χ1) is 74.4. The minimum Gasteiger partial charge on any atom is -0.309 e. The van der Waals surface area contributed by atoms with Crippen LogP contribution in [0.2, 0.25) is 0 Å². The van der Waals surface area contributed by atoms with Crippen LogP contribution in [0.4, 0.5) is 0 Å². The van der Waals surface area contributed by atoms with Crippen molar-refractivity contribution >= 4 is 186 Å². The quantitative estimate of drug-likeness (QED) is 0.136. The van der Waals surface area contributed by atoms with E-state index in [0.717, 1.165) is 5.69 Å². The molecule has 0 saturated carbocycles. The Kier molecular flexibility index (Phi) is 18.4. The molecule has 7 aliphatic rings. The number of hydrogen-bond acceptors (Lipinski definition) is 0. The smallest absolute Gasteiger partial charge is 0.0541 e. The van der Waals surface area contributed by atoms with Crippen molar-refractivity contribution in [2.24, 2.45) is 0 Å². The standard InChI is InChI=1S/C54H33N.C48H29N.C46H26/c1-4-14-34(15-5-1)40-24-26-49-43(28-40)44-33-41(25-27-50(44)55(49)42-22-8-3-9-23-42)52-46-30-37-19-11-13-21-39(37)32-48(46)53-51(35-16-6-2-7-17-35)45-29-36-18-10-12-20-38(36)31-47(45)54(52)53;1-3-13-30(14-4-1)45-39-25-31-15-7-9-17-33(31)27-41(39)48-46(40-26-32-16-8-10-18-34(32)28-42(40)47(45)48)35-23-24-44-38(29-35)37-21-11-12-22-43(37)49(44)36-19-5-2-6-20-36;1-2-10-28(11-3-1)43-38-22-29-12-4-6-14-31(29)24-40(38)46-44(39-23-30-13-5-7-15-32(30)25-41(39)45(43)46)33-20-21-34-35-18-8-16-27-17-9-19-36(42(27)35)37(34)26-33/h1-33H;1-29H;1-26H. The number of fused-ring (bicyclic) bond motifs is 30. The topological polar surface area (TPSA) is 9.86 Å². The molecule has 0 bridgehead atoms. The lowest BCUT2D eigenvalue weighted by Gasteiger charge is -2.15. The lowest BCUT2D eigenvalue weighted by molar-refractivity contribution is 1.18. The maximum atomic E-state index is 2.47. The van der Waals surface area contributed by atoms with E-state index < -0.39 is 0 Å². The van der Waals surface area contributed by atoms with Crippen LogP contribution in [-0.4, -0.2) is 9.13 Å². The number of rotatable bonds is 9. The maximum Gasteiger partial charge on any atom is 0.0541 e. The average Bonchev–Trinajstić information content (AvgIpc) is 1.53. The van der Waals surface area contributed by atoms with E-state index >= 15 is 0 Å². The third kappa shape index (κ3) is 12.7. The summed E-state index contributed by atoms with van der Waals surface area (Å²) in [6, 6.07) is 198. The minimum absolute atomic E-state index is 1.16. The highest BCUT2D eigenvalue weighted by molar-refractivity contribution is 6.40. The van der Waals surface area contributed by atoms with Gasteiger partial charge in [-0.15, -0.1) is 0 Å². The molecule has 2 aromatic heterocycles. The number of benzene rings is 25. The largest absolute Gasteiger partial charge is 0.309 e. The summed E-state index contributed by atoms with van der Waals surface area (Å²) in [6.45, 7) is 0. The average molecular weight is 1890 g/mol. The molecule has 2 heteroatoms. The molecule has 0 aliphatic heterocycles. The summed E-state index contributed by atoms with van der Waals surface area (Å²) >= 11 is 0. The predicted molar refractivity (Wildman–Crippen MR) is 634 cm³/mol. The number of aromatic nitrogens is 2. The molecule has 25 aromatic carbocycles. The first-order valence-corrected chi connectivity index (χ1v) is 52.2. The van der Waals surface area contributed by atoms with Gasteiger partial charge in [0, 0.05) is 32.9 Å². The van der Waals surface area contributed by atoms with Crippen LogP contribution in [-0.2, 0) is 0 Å². The van der Waals surface area contributed by atoms with E-state index in [2.05, 4.69) is 543 Å². The van der Waals surface area contributed by atoms with E-state index in [0.29, 0.717) is 0 Å². The summed E-state index contributed by atoms with van der Waals surface area (Å²) in [4.78, 5) is 0. The summed E-state index contributed by atoms with van der Waals surface area (Å²) in [5.41, 5.74) is 54.3. The maximum absolute atomic E-state index is 2.47. The van der Waals surface area contributed by atoms with Crippen molar-refractivity contribution in [3.8, 4) is 44.8 Å². The van der Waals surface area contributed by atoms with E-state index in [1.165, 1.54) is 325 Å². The molecule has 0 amide bonds. The van der Waals surface area contributed by atoms with Crippen molar-refractivity contribution in [2.45, 2.75) is 0 Å². The molecule has 0 unspecified atom stereocenters. The van der Waals surface area contributed by atoms with Gasteiger partial charge in [0.2, 0.25) is 0 Å². The van der Waals surface area contributed by atoms with Gasteiger partial charge in [0.25, 0.3) is 0 Å². The van der Waals surface area contributed by atoms with Crippen molar-refractivity contribution in [3.05, 3.63) is 634 Å². The Morgan fingerprint density at radius 3 is 0.640 bits per heavy atom. The zero-order valence-corrected chi connectivity index (χ0v) is 81.7. The predicted octanol–water partition coefficient (Wildman–Crippen LogP) is 38.4. The van der Waals surface area contributed by atoms with Gasteiger partial charge in [-0.25, -0.2) is 0 Å². The number of para-hydroxylation sites is 3. The highest BCUT2D eigenvalue weighted by atomic mass is 15.0. The Balaban J connectivity index is 0.0000000997. The van der Waals surface area contributed by atoms with Crippen LogP contribution in [0.3, 0.4) is 0 Å². The van der Waals surface area contributed by atoms with Crippen LogP contribution in [0.5, 0.6) is 0 Å². The second-order valence-electron chi connectivity index (χ2n) is 41.0. The number of allylic oxidation sites excluding steroid dienone is 6. The molecule has 7 aliphatic carbocycles. The Bertz CT molecular complexity index is 10800. The molecule has 0 spiro atoms. The van der Waals surface area contributed by atoms with Gasteiger partial charge in [0.05, 0.1) is 22.1 Å². The summed E-state index contributed by atoms with van der Waals surface area (Å²) in [6.07, 6.45) is 0. The molecule has 27 aromatic rings. The second kappa shape index (κ2) is 32.9. The Morgan fingerprint density at radius 1 is 0.100 bits per heavy atom. The SMILES string of the molecule is c1ccc(C2=C3C(=C(c4ccc5c(c4)-c4cccc6cccc-5c46)c4cc5ccccc5cc43)c3cc4ccccc4cc32)cc1.c1ccc(C2=C3C(=C(c4ccc5c(c4)c4cc(-c6ccccc6)ccc4n5-c4ccccc4)c4cc5ccccc5cc43)c3cc4ccccc4cc32)cc1.c1ccc(C2=C3C(=C(c4ccc5c(c4)c4ccccc4n5-c4ccccc4)c4cc5ccccc5cc43)c3cc4ccccc4cc32)cc1. The second-order valence-corrected chi connectivity index (χ2v) is 41.0. The van der Waals surface area contributed by atoms with Crippen molar-refractivity contribution in [2.75, 3.05) is 0 Å². The molecular weight excluding hydrogens is 1810 g/mol. The summed E-state index contributed by atoms with van der Waals surface area (Å²) in [5.74, 6) is 0. The van der Waals surface area contributed by atoms with Crippen LogP contribution in [0.25, 0.3) is 231 Å². The molecule has 0 N–H and O–H groups in total. The lowest BCUT2D eigenvalue weighted by atomic mass is 9.88. The molecule has 0 radical (unpaired) electrons. The highest BCUT2D eigenvalue weighted by Gasteiger charge is 2.43. The Morgan fingerprint density at radius 2 is 0.320 bits per heavy atom. The van der Waals surface area contributed by atoms with Crippen LogP contribution >= 0.6 is 0 Å². The highest BCUT2D eigenvalue weighted by Crippen LogP contribution is 2.65. The fourth-order valence-electron chi connectivity index (χ4n) is 26.5. The van der Waals surface area contributed by atoms with Gasteiger partial charge >= 0.3 is 0 Å². The van der Waals surface area contributed by atoms with Gasteiger partial charge in [-0.1, -0.05) is 388 Å². The van der Waals surface area contributed by atoms with Crippen molar-refractivity contribution in [3.63, 3.8) is 0 Å². The number of nitrogens with zero attached hydrogens (tertiary/aromatic N) is 2. The normalized spacial score (nSPS) is 13.6. The molecule has 690 valence electrons. The first kappa shape index (κ1) is 83.8. The van der Waals surface area contributed by atoms with Gasteiger partial charge in [0.15, 0.2) is 0 Å². The molecule has 0 atom stereocenters. The van der Waals surface area contributed by atoms with Gasteiger partial charge in [-0.2, -0.15) is 0 Å². The zero-order chi connectivity index (χ0) is 98.0.